The van der Waals surface area contributed by atoms with Crippen LogP contribution < -0.4 is 14.4 Å². The normalized spacial score (nSPS) is 19.8. The van der Waals surface area contributed by atoms with Crippen molar-refractivity contribution in [2.45, 2.75) is 12.9 Å². The third kappa shape index (κ3) is 4.75. The minimum Gasteiger partial charge on any atom is -0.445 e. The number of alkyl halides is 3. The van der Waals surface area contributed by atoms with Crippen molar-refractivity contribution in [3.8, 4) is 11.8 Å². The van der Waals surface area contributed by atoms with Crippen LogP contribution in [0.15, 0.2) is 30.5 Å². The topological polar surface area (TPSA) is 85.9 Å². The molecule has 0 spiro atoms. The molecule has 30 heavy (non-hydrogen) atoms. The number of fused-ring (bicyclic) bond motifs is 1. The molecule has 1 aromatic heterocycles. The van der Waals surface area contributed by atoms with Crippen LogP contribution in [-0.4, -0.2) is 65.1 Å². The Kier molecular flexibility index (Phi) is 5.41. The molecule has 1 atom stereocenters. The van der Waals surface area contributed by atoms with E-state index in [9.17, 15) is 23.3 Å². The van der Waals surface area contributed by atoms with Gasteiger partial charge in [0, 0.05) is 55.9 Å². The summed E-state index contributed by atoms with van der Waals surface area (Å²) in [5.74, 6) is -0.260. The number of nitro groups is 1. The zero-order chi connectivity index (χ0) is 21.3. The van der Waals surface area contributed by atoms with Gasteiger partial charge in [-0.15, -0.1) is 13.2 Å². The first kappa shape index (κ1) is 20.3. The second kappa shape index (κ2) is 8.01. The lowest BCUT2D eigenvalue weighted by atomic mass is 10.1. The number of hydrogen-bond donors (Lipinski definition) is 0. The van der Waals surface area contributed by atoms with Gasteiger partial charge in [-0.2, -0.15) is 0 Å². The van der Waals surface area contributed by atoms with E-state index in [1.807, 2.05) is 0 Å². The molecule has 1 saturated heterocycles. The summed E-state index contributed by atoms with van der Waals surface area (Å²) >= 11 is 0. The molecule has 9 nitrogen and oxygen atoms in total. The first-order valence-corrected chi connectivity index (χ1v) is 9.44. The highest BCUT2D eigenvalue weighted by Gasteiger charge is 2.31. The summed E-state index contributed by atoms with van der Waals surface area (Å²) in [6.45, 7) is 4.94. The highest BCUT2D eigenvalue weighted by molar-refractivity contribution is 5.49. The van der Waals surface area contributed by atoms with Crippen LogP contribution in [0.2, 0.25) is 0 Å². The van der Waals surface area contributed by atoms with Crippen LogP contribution in [-0.2, 0) is 6.54 Å². The van der Waals surface area contributed by atoms with Crippen LogP contribution in [0, 0.1) is 16.0 Å². The van der Waals surface area contributed by atoms with E-state index in [1.54, 1.807) is 16.7 Å². The molecule has 0 amide bonds. The van der Waals surface area contributed by atoms with Gasteiger partial charge in [-0.05, 0) is 29.2 Å². The first-order chi connectivity index (χ1) is 14.3. The fourth-order valence-electron chi connectivity index (χ4n) is 3.77. The van der Waals surface area contributed by atoms with Gasteiger partial charge < -0.3 is 24.5 Å². The SMILES string of the molecule is O=[N+]([O-])c1cn2c(n1)OCC(CN1CCN(c3ccc(OC(F)(F)F)cc3)CC1)C2. The Morgan fingerprint density at radius 1 is 1.20 bits per heavy atom. The van der Waals surface area contributed by atoms with E-state index in [0.29, 0.717) is 13.2 Å². The smallest absolute Gasteiger partial charge is 0.445 e. The third-order valence-electron chi connectivity index (χ3n) is 5.14. The van der Waals surface area contributed by atoms with Crippen LogP contribution in [0.1, 0.15) is 0 Å². The summed E-state index contributed by atoms with van der Waals surface area (Å²) < 4.78 is 47.9. The van der Waals surface area contributed by atoms with Crippen molar-refractivity contribution in [3.63, 3.8) is 0 Å². The molecule has 162 valence electrons. The molecular weight excluding hydrogens is 407 g/mol. The van der Waals surface area contributed by atoms with E-state index in [4.69, 9.17) is 4.74 Å². The fourth-order valence-corrected chi connectivity index (χ4v) is 3.77. The number of benzene rings is 1. The molecule has 0 saturated carbocycles. The second-order valence-electron chi connectivity index (χ2n) is 7.30. The summed E-state index contributed by atoms with van der Waals surface area (Å²) in [7, 11) is 0. The Balaban J connectivity index is 1.27. The average Bonchev–Trinajstić information content (AvgIpc) is 3.12. The maximum absolute atomic E-state index is 12.3. The lowest BCUT2D eigenvalue weighted by Crippen LogP contribution is -2.49. The van der Waals surface area contributed by atoms with Crippen molar-refractivity contribution < 1.29 is 27.6 Å². The van der Waals surface area contributed by atoms with Gasteiger partial charge in [0.15, 0.2) is 0 Å². The molecule has 3 heterocycles. The zero-order valence-corrected chi connectivity index (χ0v) is 15.9. The second-order valence-corrected chi connectivity index (χ2v) is 7.30. The fraction of sp³-hybridized carbons (Fsp3) is 0.500. The van der Waals surface area contributed by atoms with Gasteiger partial charge in [0.2, 0.25) is 0 Å². The third-order valence-corrected chi connectivity index (χ3v) is 5.14. The van der Waals surface area contributed by atoms with Crippen LogP contribution in [0.25, 0.3) is 0 Å². The van der Waals surface area contributed by atoms with E-state index in [2.05, 4.69) is 19.5 Å². The molecule has 2 aliphatic rings. The van der Waals surface area contributed by atoms with Gasteiger partial charge >= 0.3 is 18.2 Å². The Morgan fingerprint density at radius 2 is 1.90 bits per heavy atom. The molecule has 2 aromatic rings. The van der Waals surface area contributed by atoms with E-state index in [1.165, 1.54) is 18.3 Å². The van der Waals surface area contributed by atoms with Gasteiger partial charge in [-0.3, -0.25) is 9.47 Å². The largest absolute Gasteiger partial charge is 0.573 e. The highest BCUT2D eigenvalue weighted by atomic mass is 19.4. The van der Waals surface area contributed by atoms with E-state index >= 15 is 0 Å². The lowest BCUT2D eigenvalue weighted by Gasteiger charge is -2.38. The maximum atomic E-state index is 12.3. The highest BCUT2D eigenvalue weighted by Crippen LogP contribution is 2.27. The van der Waals surface area contributed by atoms with Crippen molar-refractivity contribution in [2.24, 2.45) is 5.92 Å². The van der Waals surface area contributed by atoms with Crippen LogP contribution in [0.5, 0.6) is 11.8 Å². The van der Waals surface area contributed by atoms with Crippen LogP contribution >= 0.6 is 0 Å². The monoisotopic (exact) mass is 427 g/mol. The van der Waals surface area contributed by atoms with Crippen molar-refractivity contribution in [2.75, 3.05) is 44.2 Å². The average molecular weight is 427 g/mol. The molecule has 0 radical (unpaired) electrons. The van der Waals surface area contributed by atoms with Gasteiger partial charge in [0.25, 0.3) is 0 Å². The minimum absolute atomic E-state index is 0.191. The number of rotatable bonds is 5. The van der Waals surface area contributed by atoms with E-state index < -0.39 is 11.3 Å². The Morgan fingerprint density at radius 3 is 2.53 bits per heavy atom. The summed E-state index contributed by atoms with van der Waals surface area (Å²) in [5.41, 5.74) is 0.848. The molecule has 12 heteroatoms. The molecule has 0 bridgehead atoms. The number of halogens is 3. The Bertz CT molecular complexity index is 894. The maximum Gasteiger partial charge on any atom is 0.573 e. The van der Waals surface area contributed by atoms with Crippen molar-refractivity contribution in [1.82, 2.24) is 14.5 Å². The summed E-state index contributed by atoms with van der Waals surface area (Å²) in [4.78, 5) is 18.6. The minimum atomic E-state index is -4.70. The molecule has 4 rings (SSSR count). The predicted molar refractivity (Wildman–Crippen MR) is 99.6 cm³/mol. The first-order valence-electron chi connectivity index (χ1n) is 9.44. The van der Waals surface area contributed by atoms with Crippen LogP contribution in [0.4, 0.5) is 24.7 Å². The van der Waals surface area contributed by atoms with Crippen molar-refractivity contribution >= 4 is 11.5 Å². The Hall–Kier alpha value is -3.02. The molecule has 0 N–H and O–H groups in total. The molecule has 1 aromatic carbocycles. The van der Waals surface area contributed by atoms with E-state index in [0.717, 1.165) is 38.4 Å². The van der Waals surface area contributed by atoms with Gasteiger partial charge in [-0.1, -0.05) is 0 Å². The van der Waals surface area contributed by atoms with Gasteiger partial charge in [0.05, 0.1) is 6.61 Å². The summed E-state index contributed by atoms with van der Waals surface area (Å²) in [6.07, 6.45) is -3.30. The quantitative estimate of drug-likeness (QED) is 0.535. The number of ether oxygens (including phenoxy) is 2. The molecule has 1 unspecified atom stereocenters. The number of imidazole rings is 1. The molecule has 1 fully saturated rings. The zero-order valence-electron chi connectivity index (χ0n) is 15.9. The van der Waals surface area contributed by atoms with Gasteiger partial charge in [0.1, 0.15) is 11.9 Å². The van der Waals surface area contributed by atoms with E-state index in [-0.39, 0.29) is 23.5 Å². The van der Waals surface area contributed by atoms with Gasteiger partial charge in [-0.25, -0.2) is 0 Å². The molecule has 0 aliphatic carbocycles. The molecule has 2 aliphatic heterocycles. The standard InChI is InChI=1S/C18H20F3N5O4/c19-18(20,21)30-15-3-1-14(2-4-15)24-7-5-23(6-8-24)9-13-10-25-11-16(26(27)28)22-17(25)29-12-13/h1-4,11,13H,5-10,12H2. The lowest BCUT2D eigenvalue weighted by molar-refractivity contribution is -0.389. The number of piperazine rings is 1. The summed E-state index contributed by atoms with van der Waals surface area (Å²) in [5, 5.41) is 10.8. The number of hydrogen-bond acceptors (Lipinski definition) is 7. The van der Waals surface area contributed by atoms with Crippen molar-refractivity contribution in [1.29, 1.82) is 0 Å². The number of aromatic nitrogens is 2. The van der Waals surface area contributed by atoms with Crippen molar-refractivity contribution in [3.05, 3.63) is 40.6 Å². The number of anilines is 1. The predicted octanol–water partition coefficient (Wildman–Crippen LogP) is 2.52. The molecular formula is C18H20F3N5O4. The number of nitrogens with zero attached hydrogens (tertiary/aromatic N) is 5. The van der Waals surface area contributed by atoms with Crippen LogP contribution in [0.3, 0.4) is 0 Å². The Labute approximate surface area is 169 Å². The summed E-state index contributed by atoms with van der Waals surface area (Å²) in [6, 6.07) is 6.16.